The molecule has 1 aromatic heterocycles. The summed E-state index contributed by atoms with van der Waals surface area (Å²) < 4.78 is 10.2. The van der Waals surface area contributed by atoms with Crippen LogP contribution in [0.1, 0.15) is 12.6 Å². The summed E-state index contributed by atoms with van der Waals surface area (Å²) in [4.78, 5) is 4.24. The van der Waals surface area contributed by atoms with Gasteiger partial charge in [-0.15, -0.1) is 0 Å². The zero-order valence-electron chi connectivity index (χ0n) is 10.3. The van der Waals surface area contributed by atoms with E-state index < -0.39 is 6.10 Å². The molecule has 1 aromatic rings. The van der Waals surface area contributed by atoms with Gasteiger partial charge < -0.3 is 19.9 Å². The molecule has 1 heterocycles. The van der Waals surface area contributed by atoms with E-state index in [2.05, 4.69) is 10.3 Å². The predicted molar refractivity (Wildman–Crippen MR) is 65.0 cm³/mol. The minimum Gasteiger partial charge on any atom is -0.489 e. The van der Waals surface area contributed by atoms with Crippen LogP contribution in [-0.4, -0.2) is 43.1 Å². The van der Waals surface area contributed by atoms with Crippen LogP contribution in [0.3, 0.4) is 0 Å². The fraction of sp³-hybridized carbons (Fsp3) is 0.583. The summed E-state index contributed by atoms with van der Waals surface area (Å²) in [7, 11) is 1.67. The minimum atomic E-state index is -0.467. The second-order valence-corrected chi connectivity index (χ2v) is 3.81. The molecule has 0 spiro atoms. The first-order chi connectivity index (χ1) is 8.22. The van der Waals surface area contributed by atoms with E-state index >= 15 is 0 Å². The van der Waals surface area contributed by atoms with Crippen molar-refractivity contribution < 1.29 is 14.6 Å². The number of aliphatic hydroxyl groups is 1. The number of hydrogen-bond donors (Lipinski definition) is 2. The number of ether oxygens (including phenoxy) is 2. The first-order valence-electron chi connectivity index (χ1n) is 5.68. The average molecular weight is 240 g/mol. The lowest BCUT2D eigenvalue weighted by molar-refractivity contribution is 0.122. The van der Waals surface area contributed by atoms with Crippen molar-refractivity contribution >= 4 is 0 Å². The van der Waals surface area contributed by atoms with E-state index in [-0.39, 0.29) is 6.61 Å². The molecule has 96 valence electrons. The molecule has 0 aliphatic carbocycles. The van der Waals surface area contributed by atoms with Crippen molar-refractivity contribution in [1.29, 1.82) is 0 Å². The zero-order valence-corrected chi connectivity index (χ0v) is 10.3. The van der Waals surface area contributed by atoms with Crippen LogP contribution in [0.4, 0.5) is 0 Å². The van der Waals surface area contributed by atoms with Gasteiger partial charge in [0.15, 0.2) is 0 Å². The first kappa shape index (κ1) is 13.9. The Morgan fingerprint density at radius 3 is 2.88 bits per heavy atom. The zero-order chi connectivity index (χ0) is 12.5. The third kappa shape index (κ3) is 6.21. The van der Waals surface area contributed by atoms with Crippen LogP contribution in [0, 0.1) is 0 Å². The fourth-order valence-corrected chi connectivity index (χ4v) is 1.21. The molecule has 0 saturated heterocycles. The molecule has 17 heavy (non-hydrogen) atoms. The third-order valence-corrected chi connectivity index (χ3v) is 2.08. The van der Waals surface area contributed by atoms with Crippen LogP contribution in [-0.2, 0) is 11.3 Å². The maximum Gasteiger partial charge on any atom is 0.137 e. The van der Waals surface area contributed by atoms with Gasteiger partial charge in [-0.2, -0.15) is 0 Å². The first-order valence-corrected chi connectivity index (χ1v) is 5.68. The summed E-state index contributed by atoms with van der Waals surface area (Å²) >= 11 is 0. The Bertz CT molecular complexity index is 301. The number of rotatable bonds is 8. The van der Waals surface area contributed by atoms with Crippen LogP contribution in [0.15, 0.2) is 18.3 Å². The van der Waals surface area contributed by atoms with E-state index in [0.717, 1.165) is 12.2 Å². The molecule has 0 aromatic carbocycles. The topological polar surface area (TPSA) is 63.6 Å². The predicted octanol–water partition coefficient (Wildman–Crippen LogP) is 0.577. The van der Waals surface area contributed by atoms with Gasteiger partial charge in [-0.05, 0) is 19.1 Å². The van der Waals surface area contributed by atoms with Crippen LogP contribution < -0.4 is 10.1 Å². The minimum absolute atomic E-state index is 0.285. The molecule has 1 atom stereocenters. The van der Waals surface area contributed by atoms with E-state index in [9.17, 15) is 0 Å². The number of aromatic nitrogens is 1. The van der Waals surface area contributed by atoms with Crippen molar-refractivity contribution in [2.45, 2.75) is 19.6 Å². The number of pyridine rings is 1. The van der Waals surface area contributed by atoms with Gasteiger partial charge in [0.25, 0.3) is 0 Å². The quantitative estimate of drug-likeness (QED) is 0.651. The molecule has 1 unspecified atom stereocenters. The lowest BCUT2D eigenvalue weighted by Gasteiger charge is -2.08. The average Bonchev–Trinajstić information content (AvgIpc) is 2.33. The second-order valence-electron chi connectivity index (χ2n) is 3.81. The van der Waals surface area contributed by atoms with Crippen molar-refractivity contribution in [3.63, 3.8) is 0 Å². The van der Waals surface area contributed by atoms with Crippen LogP contribution >= 0.6 is 0 Å². The summed E-state index contributed by atoms with van der Waals surface area (Å²) in [6.45, 7) is 4.17. The molecule has 2 N–H and O–H groups in total. The number of nitrogens with one attached hydrogen (secondary N) is 1. The SMILES string of the molecule is COCCNCc1ccc(OCC(C)O)cn1. The van der Waals surface area contributed by atoms with Crippen LogP contribution in [0.2, 0.25) is 0 Å². The highest BCUT2D eigenvalue weighted by molar-refractivity contribution is 5.19. The Labute approximate surface area is 102 Å². The molecule has 5 nitrogen and oxygen atoms in total. The molecule has 0 aliphatic rings. The highest BCUT2D eigenvalue weighted by Gasteiger charge is 1.99. The lowest BCUT2D eigenvalue weighted by atomic mass is 10.3. The van der Waals surface area contributed by atoms with Gasteiger partial charge in [0.2, 0.25) is 0 Å². The monoisotopic (exact) mass is 240 g/mol. The van der Waals surface area contributed by atoms with Gasteiger partial charge in [0, 0.05) is 20.2 Å². The third-order valence-electron chi connectivity index (χ3n) is 2.08. The molecule has 5 heteroatoms. The van der Waals surface area contributed by atoms with Crippen molar-refractivity contribution in [2.24, 2.45) is 0 Å². The van der Waals surface area contributed by atoms with Crippen molar-refractivity contribution in [1.82, 2.24) is 10.3 Å². The Morgan fingerprint density at radius 2 is 2.29 bits per heavy atom. The Kier molecular flexibility index (Phi) is 6.54. The number of hydrogen-bond acceptors (Lipinski definition) is 5. The lowest BCUT2D eigenvalue weighted by Crippen LogP contribution is -2.19. The van der Waals surface area contributed by atoms with Crippen molar-refractivity contribution in [3.8, 4) is 5.75 Å². The summed E-state index contributed by atoms with van der Waals surface area (Å²) in [5.74, 6) is 0.673. The summed E-state index contributed by atoms with van der Waals surface area (Å²) in [6, 6.07) is 3.75. The summed E-state index contributed by atoms with van der Waals surface area (Å²) in [6.07, 6.45) is 1.20. The second kappa shape index (κ2) is 8.00. The standard InChI is InChI=1S/C12H20N2O3/c1-10(15)9-17-12-4-3-11(14-8-12)7-13-5-6-16-2/h3-4,8,10,13,15H,5-7,9H2,1-2H3. The normalized spacial score (nSPS) is 12.4. The van der Waals surface area contributed by atoms with Crippen molar-refractivity contribution in [2.75, 3.05) is 26.9 Å². The largest absolute Gasteiger partial charge is 0.489 e. The molecule has 0 aliphatic heterocycles. The van der Waals surface area contributed by atoms with E-state index in [0.29, 0.717) is 18.9 Å². The van der Waals surface area contributed by atoms with Gasteiger partial charge >= 0.3 is 0 Å². The molecule has 1 rings (SSSR count). The molecule has 0 saturated carbocycles. The van der Waals surface area contributed by atoms with Gasteiger partial charge in [-0.1, -0.05) is 0 Å². The Morgan fingerprint density at radius 1 is 1.47 bits per heavy atom. The summed E-state index contributed by atoms with van der Waals surface area (Å²) in [5, 5.41) is 12.3. The maximum absolute atomic E-state index is 9.07. The van der Waals surface area contributed by atoms with E-state index in [4.69, 9.17) is 14.6 Å². The Hall–Kier alpha value is -1.17. The van der Waals surface area contributed by atoms with Crippen LogP contribution in [0.5, 0.6) is 5.75 Å². The number of nitrogens with zero attached hydrogens (tertiary/aromatic N) is 1. The van der Waals surface area contributed by atoms with Gasteiger partial charge in [-0.25, -0.2) is 0 Å². The number of methoxy groups -OCH3 is 1. The fourth-order valence-electron chi connectivity index (χ4n) is 1.21. The summed E-state index contributed by atoms with van der Waals surface area (Å²) in [5.41, 5.74) is 0.950. The van der Waals surface area contributed by atoms with Crippen molar-refractivity contribution in [3.05, 3.63) is 24.0 Å². The van der Waals surface area contributed by atoms with Gasteiger partial charge in [0.1, 0.15) is 12.4 Å². The number of aliphatic hydroxyl groups excluding tert-OH is 1. The van der Waals surface area contributed by atoms with E-state index in [1.54, 1.807) is 20.2 Å². The highest BCUT2D eigenvalue weighted by Crippen LogP contribution is 2.09. The highest BCUT2D eigenvalue weighted by atomic mass is 16.5. The van der Waals surface area contributed by atoms with E-state index in [1.807, 2.05) is 12.1 Å². The van der Waals surface area contributed by atoms with Gasteiger partial charge in [-0.3, -0.25) is 4.98 Å². The van der Waals surface area contributed by atoms with Crippen LogP contribution in [0.25, 0.3) is 0 Å². The smallest absolute Gasteiger partial charge is 0.137 e. The molecule has 0 fully saturated rings. The molecular formula is C12H20N2O3. The van der Waals surface area contributed by atoms with E-state index in [1.165, 1.54) is 0 Å². The molecule has 0 bridgehead atoms. The maximum atomic E-state index is 9.07. The molecular weight excluding hydrogens is 220 g/mol. The Balaban J connectivity index is 2.29. The van der Waals surface area contributed by atoms with Gasteiger partial charge in [0.05, 0.1) is 24.6 Å². The molecule has 0 amide bonds. The molecule has 0 radical (unpaired) electrons.